The highest BCUT2D eigenvalue weighted by Crippen LogP contribution is 2.17. The predicted octanol–water partition coefficient (Wildman–Crippen LogP) is -1.17. The van der Waals surface area contributed by atoms with Gasteiger partial charge in [-0.05, 0) is 6.92 Å². The second kappa shape index (κ2) is 6.14. The van der Waals surface area contributed by atoms with E-state index >= 15 is 0 Å². The molecule has 7 heteroatoms. The number of carbonyl (C=O) groups excluding carboxylic acids is 2. The van der Waals surface area contributed by atoms with Crippen molar-refractivity contribution in [3.05, 3.63) is 24.8 Å². The summed E-state index contributed by atoms with van der Waals surface area (Å²) < 4.78 is 8.61. The van der Waals surface area contributed by atoms with Gasteiger partial charge in [0.05, 0.1) is 6.61 Å². The quantitative estimate of drug-likeness (QED) is 0.307. The topological polar surface area (TPSA) is 113 Å². The summed E-state index contributed by atoms with van der Waals surface area (Å²) in [5.74, 6) is -5.23. The Bertz CT molecular complexity index is 336. The van der Waals surface area contributed by atoms with Gasteiger partial charge in [-0.2, -0.15) is 0 Å². The lowest BCUT2D eigenvalue weighted by atomic mass is 10.3. The van der Waals surface area contributed by atoms with E-state index in [1.54, 1.807) is 0 Å². The summed E-state index contributed by atoms with van der Waals surface area (Å²) in [6, 6.07) is 0. The van der Waals surface area contributed by atoms with Crippen LogP contribution in [0.5, 0.6) is 0 Å². The maximum absolute atomic E-state index is 11.2. The molecule has 0 saturated heterocycles. The van der Waals surface area contributed by atoms with Gasteiger partial charge in [-0.15, -0.1) is 0 Å². The zero-order chi connectivity index (χ0) is 13.6. The fraction of sp³-hybridized carbons (Fsp3) is 0.400. The van der Waals surface area contributed by atoms with E-state index < -0.39 is 30.6 Å². The highest BCUT2D eigenvalue weighted by Gasteiger charge is 2.44. The van der Waals surface area contributed by atoms with Gasteiger partial charge in [0, 0.05) is 11.6 Å². The Hall–Kier alpha value is -1.70. The van der Waals surface area contributed by atoms with Gasteiger partial charge in [-0.1, -0.05) is 13.2 Å². The van der Waals surface area contributed by atoms with Gasteiger partial charge < -0.3 is 24.8 Å². The second-order valence-electron chi connectivity index (χ2n) is 3.12. The molecule has 0 saturated carbocycles. The fourth-order valence-corrected chi connectivity index (χ4v) is 0.678. The minimum absolute atomic E-state index is 0.0942. The number of aliphatic hydroxyl groups excluding tert-OH is 2. The molecule has 0 aromatic heterocycles. The summed E-state index contributed by atoms with van der Waals surface area (Å²) >= 11 is 0. The Morgan fingerprint density at radius 1 is 1.47 bits per heavy atom. The molecule has 0 rings (SSSR count). The van der Waals surface area contributed by atoms with Crippen LogP contribution in [0.1, 0.15) is 6.92 Å². The molecule has 0 aromatic carbocycles. The van der Waals surface area contributed by atoms with Crippen molar-refractivity contribution in [1.29, 1.82) is 0 Å². The Kier molecular flexibility index (Phi) is 5.52. The minimum atomic E-state index is -2.99. The Balaban J connectivity index is 4.96. The number of esters is 2. The molecular formula is C10H14O7. The van der Waals surface area contributed by atoms with E-state index in [0.717, 1.165) is 0 Å². The second-order valence-corrected chi connectivity index (χ2v) is 3.12. The molecule has 0 aromatic rings. The third-order valence-electron chi connectivity index (χ3n) is 1.59. The summed E-state index contributed by atoms with van der Waals surface area (Å²) in [4.78, 5) is 22.0. The first-order chi connectivity index (χ1) is 7.76. The van der Waals surface area contributed by atoms with Crippen molar-refractivity contribution in [2.24, 2.45) is 0 Å². The van der Waals surface area contributed by atoms with E-state index in [-0.39, 0.29) is 5.57 Å². The molecule has 3 N–H and O–H groups in total. The van der Waals surface area contributed by atoms with Crippen LogP contribution in [0.15, 0.2) is 24.8 Å². The number of hydrogen-bond donors (Lipinski definition) is 3. The van der Waals surface area contributed by atoms with Crippen molar-refractivity contribution in [3.8, 4) is 0 Å². The van der Waals surface area contributed by atoms with Gasteiger partial charge in [-0.3, -0.25) is 0 Å². The average Bonchev–Trinajstić information content (AvgIpc) is 2.27. The van der Waals surface area contributed by atoms with Crippen LogP contribution in [-0.4, -0.2) is 45.9 Å². The van der Waals surface area contributed by atoms with E-state index in [4.69, 9.17) is 5.11 Å². The molecule has 0 radical (unpaired) electrons. The molecule has 2 unspecified atom stereocenters. The van der Waals surface area contributed by atoms with E-state index in [2.05, 4.69) is 22.6 Å². The Labute approximate surface area is 97.6 Å². The molecule has 96 valence electrons. The zero-order valence-corrected chi connectivity index (χ0v) is 9.25. The fourth-order valence-electron chi connectivity index (χ4n) is 0.678. The number of aliphatic hydroxyl groups is 3. The van der Waals surface area contributed by atoms with E-state index in [0.29, 0.717) is 6.08 Å². The lowest BCUT2D eigenvalue weighted by molar-refractivity contribution is -0.360. The molecule has 0 bridgehead atoms. The molecule has 0 fully saturated rings. The van der Waals surface area contributed by atoms with Crippen LogP contribution < -0.4 is 0 Å². The maximum Gasteiger partial charge on any atom is 0.403 e. The normalized spacial score (nSPS) is 15.3. The van der Waals surface area contributed by atoms with Gasteiger partial charge in [0.25, 0.3) is 0 Å². The first kappa shape index (κ1) is 15.3. The Morgan fingerprint density at radius 3 is 2.35 bits per heavy atom. The number of rotatable bonds is 6. The van der Waals surface area contributed by atoms with Crippen molar-refractivity contribution >= 4 is 11.9 Å². The molecule has 7 nitrogen and oxygen atoms in total. The lowest BCUT2D eigenvalue weighted by Crippen LogP contribution is -2.51. The molecule has 0 aliphatic rings. The highest BCUT2D eigenvalue weighted by atomic mass is 16.8. The van der Waals surface area contributed by atoms with Gasteiger partial charge in [-0.25, -0.2) is 9.59 Å². The lowest BCUT2D eigenvalue weighted by Gasteiger charge is -2.29. The molecule has 0 aliphatic carbocycles. The SMILES string of the molecule is C=CC(=O)OC(O)(OC(=O)C(=C)C)C(O)CO. The van der Waals surface area contributed by atoms with Crippen LogP contribution >= 0.6 is 0 Å². The van der Waals surface area contributed by atoms with Gasteiger partial charge in [0.1, 0.15) is 0 Å². The molecule has 0 heterocycles. The molecule has 0 aliphatic heterocycles. The zero-order valence-electron chi connectivity index (χ0n) is 9.25. The van der Waals surface area contributed by atoms with Crippen molar-refractivity contribution in [3.63, 3.8) is 0 Å². The van der Waals surface area contributed by atoms with Crippen LogP contribution in [0.3, 0.4) is 0 Å². The minimum Gasteiger partial charge on any atom is -0.393 e. The predicted molar refractivity (Wildman–Crippen MR) is 55.2 cm³/mol. The summed E-state index contributed by atoms with van der Waals surface area (Å²) in [5, 5.41) is 27.5. The van der Waals surface area contributed by atoms with Crippen molar-refractivity contribution in [1.82, 2.24) is 0 Å². The summed E-state index contributed by atoms with van der Waals surface area (Å²) in [7, 11) is 0. The number of hydrogen-bond acceptors (Lipinski definition) is 7. The van der Waals surface area contributed by atoms with E-state index in [9.17, 15) is 19.8 Å². The average molecular weight is 246 g/mol. The number of carbonyl (C=O) groups is 2. The maximum atomic E-state index is 11.2. The third kappa shape index (κ3) is 4.35. The van der Waals surface area contributed by atoms with E-state index in [1.807, 2.05) is 0 Å². The van der Waals surface area contributed by atoms with Crippen LogP contribution in [0, 0.1) is 0 Å². The van der Waals surface area contributed by atoms with E-state index in [1.165, 1.54) is 6.92 Å². The monoisotopic (exact) mass is 246 g/mol. The summed E-state index contributed by atoms with van der Waals surface area (Å²) in [6.07, 6.45) is -1.33. The first-order valence-corrected chi connectivity index (χ1v) is 4.52. The highest BCUT2D eigenvalue weighted by molar-refractivity contribution is 5.87. The first-order valence-electron chi connectivity index (χ1n) is 4.52. The molecule has 0 amide bonds. The van der Waals surface area contributed by atoms with Crippen LogP contribution in [-0.2, 0) is 19.1 Å². The smallest absolute Gasteiger partial charge is 0.393 e. The van der Waals surface area contributed by atoms with Crippen molar-refractivity contribution in [2.75, 3.05) is 6.61 Å². The standard InChI is InChI=1S/C10H14O7/c1-4-8(13)16-10(15,7(12)5-11)17-9(14)6(2)3/h4,7,11-12,15H,1-2,5H2,3H3. The van der Waals surface area contributed by atoms with Crippen LogP contribution in [0.25, 0.3) is 0 Å². The van der Waals surface area contributed by atoms with Gasteiger partial charge in [0.15, 0.2) is 6.10 Å². The number of ether oxygens (including phenoxy) is 2. The summed E-state index contributed by atoms with van der Waals surface area (Å²) in [6.45, 7) is 6.58. The summed E-state index contributed by atoms with van der Waals surface area (Å²) in [5.41, 5.74) is -0.0942. The van der Waals surface area contributed by atoms with Crippen LogP contribution in [0.2, 0.25) is 0 Å². The van der Waals surface area contributed by atoms with Gasteiger partial charge in [0.2, 0.25) is 0 Å². The Morgan fingerprint density at radius 2 is 2.00 bits per heavy atom. The van der Waals surface area contributed by atoms with Crippen LogP contribution in [0.4, 0.5) is 0 Å². The van der Waals surface area contributed by atoms with Crippen molar-refractivity contribution in [2.45, 2.75) is 19.0 Å². The molecular weight excluding hydrogens is 232 g/mol. The molecule has 0 spiro atoms. The third-order valence-corrected chi connectivity index (χ3v) is 1.59. The van der Waals surface area contributed by atoms with Gasteiger partial charge >= 0.3 is 17.9 Å². The molecule has 17 heavy (non-hydrogen) atoms. The largest absolute Gasteiger partial charge is 0.403 e. The molecule has 2 atom stereocenters. The van der Waals surface area contributed by atoms with Crippen molar-refractivity contribution < 1.29 is 34.4 Å².